The van der Waals surface area contributed by atoms with Crippen molar-refractivity contribution in [1.29, 1.82) is 0 Å². The Balaban J connectivity index is 2.30. The maximum atomic E-state index is 11.6. The van der Waals surface area contributed by atoms with E-state index < -0.39 is 10.0 Å². The minimum absolute atomic E-state index is 0.0383. The van der Waals surface area contributed by atoms with Gasteiger partial charge in [-0.05, 0) is 38.2 Å². The van der Waals surface area contributed by atoms with E-state index in [-0.39, 0.29) is 11.0 Å². The third-order valence-electron chi connectivity index (χ3n) is 3.82. The van der Waals surface area contributed by atoms with Crippen LogP contribution in [0.3, 0.4) is 0 Å². The van der Waals surface area contributed by atoms with Gasteiger partial charge >= 0.3 is 0 Å². The fourth-order valence-electron chi connectivity index (χ4n) is 2.77. The maximum Gasteiger partial charge on any atom is 0.238 e. The van der Waals surface area contributed by atoms with E-state index in [9.17, 15) is 8.42 Å². The van der Waals surface area contributed by atoms with Crippen LogP contribution in [0.25, 0.3) is 0 Å². The van der Waals surface area contributed by atoms with Crippen molar-refractivity contribution in [3.63, 3.8) is 0 Å². The van der Waals surface area contributed by atoms with Crippen LogP contribution in [0.5, 0.6) is 5.75 Å². The lowest BCUT2D eigenvalue weighted by molar-refractivity contribution is 0.128. The summed E-state index contributed by atoms with van der Waals surface area (Å²) >= 11 is 0. The van der Waals surface area contributed by atoms with Gasteiger partial charge in [-0.25, -0.2) is 13.6 Å². The van der Waals surface area contributed by atoms with E-state index in [4.69, 9.17) is 15.6 Å². The molecule has 0 aromatic heterocycles. The number of nitrogens with two attached hydrogens (primary N) is 2. The van der Waals surface area contributed by atoms with Gasteiger partial charge in [0, 0.05) is 17.3 Å². The fraction of sp³-hybridized carbons (Fsp3) is 0.571. The van der Waals surface area contributed by atoms with Gasteiger partial charge < -0.3 is 10.5 Å². The predicted molar refractivity (Wildman–Crippen MR) is 79.0 cm³/mol. The van der Waals surface area contributed by atoms with E-state index in [0.717, 1.165) is 19.3 Å². The molecule has 1 fully saturated rings. The monoisotopic (exact) mass is 298 g/mol. The summed E-state index contributed by atoms with van der Waals surface area (Å²) in [6.07, 6.45) is 4.45. The van der Waals surface area contributed by atoms with Gasteiger partial charge in [-0.3, -0.25) is 0 Å². The quantitative estimate of drug-likeness (QED) is 0.836. The first kappa shape index (κ1) is 15.1. The first-order chi connectivity index (χ1) is 9.27. The minimum Gasteiger partial charge on any atom is -0.490 e. The van der Waals surface area contributed by atoms with Crippen molar-refractivity contribution >= 4 is 15.7 Å². The highest BCUT2D eigenvalue weighted by atomic mass is 32.2. The molecule has 4 N–H and O–H groups in total. The topological polar surface area (TPSA) is 95.4 Å². The first-order valence-electron chi connectivity index (χ1n) is 6.87. The third kappa shape index (κ3) is 3.43. The molecule has 0 aliphatic heterocycles. The van der Waals surface area contributed by atoms with Crippen LogP contribution >= 0.6 is 0 Å². The van der Waals surface area contributed by atoms with Crippen LogP contribution in [0.2, 0.25) is 0 Å². The van der Waals surface area contributed by atoms with Gasteiger partial charge in [-0.15, -0.1) is 0 Å². The van der Waals surface area contributed by atoms with Crippen LogP contribution in [0.15, 0.2) is 17.0 Å². The molecule has 1 aromatic rings. The maximum absolute atomic E-state index is 11.6. The standard InChI is InChI=1S/C14H22N2O3S/c1-9-4-3-5-12(6-9)19-13-7-11(15)8-14(10(13)2)20(16,17)18/h7-9,12H,3-6,15H2,1-2H3,(H2,16,17,18). The van der Waals surface area contributed by atoms with Crippen molar-refractivity contribution in [2.75, 3.05) is 5.73 Å². The summed E-state index contributed by atoms with van der Waals surface area (Å²) in [6, 6.07) is 3.05. The molecule has 1 aliphatic carbocycles. The number of primary sulfonamides is 1. The largest absolute Gasteiger partial charge is 0.490 e. The Morgan fingerprint density at radius 1 is 1.30 bits per heavy atom. The normalized spacial score (nSPS) is 23.6. The van der Waals surface area contributed by atoms with Crippen molar-refractivity contribution in [2.24, 2.45) is 11.1 Å². The Morgan fingerprint density at radius 2 is 2.00 bits per heavy atom. The zero-order valence-electron chi connectivity index (χ0n) is 11.9. The van der Waals surface area contributed by atoms with E-state index in [0.29, 0.717) is 22.9 Å². The Hall–Kier alpha value is -1.27. The predicted octanol–water partition coefficient (Wildman–Crippen LogP) is 2.18. The molecule has 0 bridgehead atoms. The molecule has 0 radical (unpaired) electrons. The Bertz CT molecular complexity index is 599. The highest BCUT2D eigenvalue weighted by Gasteiger charge is 2.23. The van der Waals surface area contributed by atoms with Crippen LogP contribution in [-0.2, 0) is 10.0 Å². The van der Waals surface area contributed by atoms with Crippen LogP contribution in [-0.4, -0.2) is 14.5 Å². The highest BCUT2D eigenvalue weighted by Crippen LogP contribution is 2.32. The summed E-state index contributed by atoms with van der Waals surface area (Å²) < 4.78 is 29.1. The second-order valence-corrected chi connectivity index (χ2v) is 7.23. The lowest BCUT2D eigenvalue weighted by atomic mass is 9.88. The van der Waals surface area contributed by atoms with Crippen LogP contribution in [0.1, 0.15) is 38.2 Å². The van der Waals surface area contributed by atoms with Gasteiger partial charge in [-0.2, -0.15) is 0 Å². The van der Waals surface area contributed by atoms with Crippen LogP contribution in [0, 0.1) is 12.8 Å². The van der Waals surface area contributed by atoms with Crippen molar-refractivity contribution in [3.05, 3.63) is 17.7 Å². The number of hydrogen-bond donors (Lipinski definition) is 2. The number of benzene rings is 1. The molecule has 2 unspecified atom stereocenters. The fourth-order valence-corrected chi connectivity index (χ4v) is 3.59. The number of anilines is 1. The van der Waals surface area contributed by atoms with Gasteiger partial charge in [-0.1, -0.05) is 13.3 Å². The number of hydrogen-bond acceptors (Lipinski definition) is 4. The molecule has 5 nitrogen and oxygen atoms in total. The van der Waals surface area contributed by atoms with Gasteiger partial charge in [0.05, 0.1) is 11.0 Å². The molecule has 2 atom stereocenters. The summed E-state index contributed by atoms with van der Waals surface area (Å²) in [7, 11) is -3.79. The van der Waals surface area contributed by atoms with Gasteiger partial charge in [0.15, 0.2) is 0 Å². The lowest BCUT2D eigenvalue weighted by Crippen LogP contribution is -2.25. The number of nitrogen functional groups attached to an aromatic ring is 1. The van der Waals surface area contributed by atoms with E-state index in [1.807, 2.05) is 0 Å². The molecule has 1 aromatic carbocycles. The number of ether oxygens (including phenoxy) is 1. The zero-order chi connectivity index (χ0) is 14.9. The number of rotatable bonds is 3. The van der Waals surface area contributed by atoms with E-state index >= 15 is 0 Å². The second kappa shape index (κ2) is 5.61. The van der Waals surface area contributed by atoms with E-state index in [2.05, 4.69) is 6.92 Å². The van der Waals surface area contributed by atoms with E-state index in [1.54, 1.807) is 13.0 Å². The van der Waals surface area contributed by atoms with Gasteiger partial charge in [0.25, 0.3) is 0 Å². The molecule has 112 valence electrons. The summed E-state index contributed by atoms with van der Waals surface area (Å²) in [4.78, 5) is 0.0383. The molecular formula is C14H22N2O3S. The summed E-state index contributed by atoms with van der Waals surface area (Å²) in [5.41, 5.74) is 6.63. The lowest BCUT2D eigenvalue weighted by Gasteiger charge is -2.28. The molecule has 6 heteroatoms. The Labute approximate surface area is 120 Å². The van der Waals surface area contributed by atoms with Crippen molar-refractivity contribution in [2.45, 2.75) is 50.5 Å². The van der Waals surface area contributed by atoms with Crippen LogP contribution < -0.4 is 15.6 Å². The van der Waals surface area contributed by atoms with Crippen molar-refractivity contribution in [1.82, 2.24) is 0 Å². The highest BCUT2D eigenvalue weighted by molar-refractivity contribution is 7.89. The molecule has 0 spiro atoms. The first-order valence-corrected chi connectivity index (χ1v) is 8.41. The van der Waals surface area contributed by atoms with Crippen molar-refractivity contribution < 1.29 is 13.2 Å². The van der Waals surface area contributed by atoms with Gasteiger partial charge in [0.2, 0.25) is 10.0 Å². The molecule has 20 heavy (non-hydrogen) atoms. The second-order valence-electron chi connectivity index (χ2n) is 5.70. The molecule has 0 heterocycles. The smallest absolute Gasteiger partial charge is 0.238 e. The summed E-state index contributed by atoms with van der Waals surface area (Å²) in [6.45, 7) is 3.90. The van der Waals surface area contributed by atoms with E-state index in [1.165, 1.54) is 12.5 Å². The molecule has 1 saturated carbocycles. The Morgan fingerprint density at radius 3 is 2.60 bits per heavy atom. The molecular weight excluding hydrogens is 276 g/mol. The Kier molecular flexibility index (Phi) is 4.25. The average Bonchev–Trinajstić information content (AvgIpc) is 2.32. The molecule has 1 aliphatic rings. The third-order valence-corrected chi connectivity index (χ3v) is 4.86. The minimum atomic E-state index is -3.79. The molecule has 0 saturated heterocycles. The summed E-state index contributed by atoms with van der Waals surface area (Å²) in [5.74, 6) is 1.15. The van der Waals surface area contributed by atoms with Gasteiger partial charge in [0.1, 0.15) is 5.75 Å². The zero-order valence-corrected chi connectivity index (χ0v) is 12.7. The SMILES string of the molecule is Cc1c(OC2CCCC(C)C2)cc(N)cc1S(N)(=O)=O. The molecule has 2 rings (SSSR count). The van der Waals surface area contributed by atoms with Crippen molar-refractivity contribution in [3.8, 4) is 5.75 Å². The average molecular weight is 298 g/mol. The van der Waals surface area contributed by atoms with Crippen LogP contribution in [0.4, 0.5) is 5.69 Å². The summed E-state index contributed by atoms with van der Waals surface area (Å²) in [5, 5.41) is 5.21. The number of sulfonamides is 1. The molecule has 0 amide bonds.